The minimum absolute atomic E-state index is 0.0585. The van der Waals surface area contributed by atoms with Gasteiger partial charge >= 0.3 is 12.2 Å². The normalized spacial score (nSPS) is 14.7. The van der Waals surface area contributed by atoms with E-state index in [2.05, 4.69) is 20.2 Å². The zero-order valence-corrected chi connectivity index (χ0v) is 22.2. The van der Waals surface area contributed by atoms with Crippen LogP contribution in [0.1, 0.15) is 35.4 Å². The third-order valence-electron chi connectivity index (χ3n) is 7.20. The number of urea groups is 1. The lowest BCUT2D eigenvalue weighted by atomic mass is 10.0. The lowest BCUT2D eigenvalue weighted by Crippen LogP contribution is -2.48. The minimum atomic E-state index is -4.37. The molecule has 10 heteroatoms. The number of carbonyl (C=O) groups excluding carboxylic acids is 1. The number of hydrogen-bond acceptors (Lipinski definition) is 4. The highest BCUT2D eigenvalue weighted by Crippen LogP contribution is 2.31. The second-order valence-corrected chi connectivity index (χ2v) is 10.00. The van der Waals surface area contributed by atoms with Gasteiger partial charge in [-0.25, -0.2) is 14.8 Å². The topological polar surface area (TPSA) is 77.2 Å². The van der Waals surface area contributed by atoms with Gasteiger partial charge in [-0.3, -0.25) is 10.2 Å². The molecule has 7 nitrogen and oxygen atoms in total. The molecule has 0 atom stereocenters. The summed E-state index contributed by atoms with van der Waals surface area (Å²) in [5, 5.41) is 2.93. The molecule has 0 aliphatic carbocycles. The van der Waals surface area contributed by atoms with E-state index in [1.807, 2.05) is 48.2 Å². The second kappa shape index (κ2) is 11.9. The molecule has 2 N–H and O–H groups in total. The highest BCUT2D eigenvalue weighted by atomic mass is 19.4. The molecule has 2 aromatic carbocycles. The van der Waals surface area contributed by atoms with Crippen molar-refractivity contribution < 1.29 is 18.0 Å². The number of aryl methyl sites for hydroxylation is 1. The first-order valence-corrected chi connectivity index (χ1v) is 13.2. The van der Waals surface area contributed by atoms with E-state index >= 15 is 0 Å². The first-order chi connectivity index (χ1) is 19.3. The van der Waals surface area contributed by atoms with Crippen LogP contribution in [-0.4, -0.2) is 49.9 Å². The van der Waals surface area contributed by atoms with E-state index in [0.29, 0.717) is 30.3 Å². The number of rotatable bonds is 7. The molecule has 1 aliphatic rings. The molecule has 0 unspecified atom stereocenters. The highest BCUT2D eigenvalue weighted by molar-refractivity contribution is 5.88. The van der Waals surface area contributed by atoms with Crippen LogP contribution in [0.4, 0.5) is 23.8 Å². The number of pyridine rings is 1. The number of nitrogens with one attached hydrogen (secondary N) is 2. The molecule has 3 heterocycles. The summed E-state index contributed by atoms with van der Waals surface area (Å²) in [5.41, 5.74) is 2.73. The fourth-order valence-electron chi connectivity index (χ4n) is 4.97. The van der Waals surface area contributed by atoms with Crippen LogP contribution in [0.25, 0.3) is 11.4 Å². The Morgan fingerprint density at radius 2 is 1.73 bits per heavy atom. The zero-order valence-electron chi connectivity index (χ0n) is 22.2. The first kappa shape index (κ1) is 27.4. The monoisotopic (exact) mass is 548 g/mol. The lowest BCUT2D eigenvalue weighted by molar-refractivity contribution is -0.137. The Labute approximate surface area is 231 Å². The maximum absolute atomic E-state index is 13.3. The third-order valence-corrected chi connectivity index (χ3v) is 7.20. The Kier molecular flexibility index (Phi) is 8.16. The summed E-state index contributed by atoms with van der Waals surface area (Å²) in [6.07, 6.45) is -1.12. The fourth-order valence-corrected chi connectivity index (χ4v) is 4.97. The van der Waals surface area contributed by atoms with E-state index in [0.717, 1.165) is 55.0 Å². The molecule has 5 rings (SSSR count). The van der Waals surface area contributed by atoms with E-state index in [-0.39, 0.29) is 12.1 Å². The zero-order chi connectivity index (χ0) is 28.1. The van der Waals surface area contributed by atoms with Crippen molar-refractivity contribution in [3.05, 3.63) is 102 Å². The number of imidazole rings is 1. The van der Waals surface area contributed by atoms with Gasteiger partial charge in [0.05, 0.1) is 11.3 Å². The number of halogens is 3. The van der Waals surface area contributed by atoms with Crippen molar-refractivity contribution in [2.24, 2.45) is 0 Å². The summed E-state index contributed by atoms with van der Waals surface area (Å²) < 4.78 is 38.8. The third kappa shape index (κ3) is 6.69. The Balaban J connectivity index is 1.23. The molecule has 0 spiro atoms. The van der Waals surface area contributed by atoms with E-state index in [1.165, 1.54) is 12.1 Å². The van der Waals surface area contributed by atoms with Gasteiger partial charge in [0.25, 0.3) is 0 Å². The number of piperidine rings is 1. The number of likely N-dealkylation sites (tertiary alicyclic amines) is 1. The van der Waals surface area contributed by atoms with Gasteiger partial charge in [0.2, 0.25) is 0 Å². The van der Waals surface area contributed by atoms with Crippen LogP contribution in [0, 0.1) is 6.92 Å². The summed E-state index contributed by atoms with van der Waals surface area (Å²) in [6, 6.07) is 20.3. The fraction of sp³-hybridized carbons (Fsp3) is 0.300. The van der Waals surface area contributed by atoms with Crippen LogP contribution in [0.2, 0.25) is 0 Å². The van der Waals surface area contributed by atoms with Gasteiger partial charge in [-0.05, 0) is 49.6 Å². The number of hydrogen-bond donors (Lipinski definition) is 2. The van der Waals surface area contributed by atoms with E-state index in [9.17, 15) is 18.0 Å². The van der Waals surface area contributed by atoms with E-state index in [4.69, 9.17) is 4.98 Å². The Bertz CT molecular complexity index is 1400. The van der Waals surface area contributed by atoms with Crippen LogP contribution in [0.15, 0.2) is 79.0 Å². The number of benzene rings is 2. The number of anilines is 1. The summed E-state index contributed by atoms with van der Waals surface area (Å²) in [5.74, 6) is 1.07. The second-order valence-electron chi connectivity index (χ2n) is 10.00. The van der Waals surface area contributed by atoms with Crippen LogP contribution in [0.3, 0.4) is 0 Å². The van der Waals surface area contributed by atoms with Crippen LogP contribution in [0.5, 0.6) is 0 Å². The largest absolute Gasteiger partial charge is 0.416 e. The van der Waals surface area contributed by atoms with Crippen molar-refractivity contribution in [2.45, 2.75) is 45.1 Å². The molecule has 1 aliphatic heterocycles. The molecule has 40 heavy (non-hydrogen) atoms. The number of H-pyrrole nitrogens is 1. The Morgan fingerprint density at radius 3 is 2.38 bits per heavy atom. The molecule has 4 aromatic rings. The predicted octanol–water partition coefficient (Wildman–Crippen LogP) is 6.50. The standard InChI is InChI=1S/C30H31F3N6O/c1-21-26(36-28(35-21)23-10-12-24(13-11-23)30(31,32)33)20-38-17-14-25(15-18-38)39(19-22-7-3-2-4-8-22)29(40)37-27-9-5-6-16-34-27/h2-13,16,25H,14-15,17-20H2,1H3,(H,35,36)(H,34,37,40). The average molecular weight is 549 g/mol. The van der Waals surface area contributed by atoms with Crippen molar-refractivity contribution >= 4 is 11.8 Å². The molecule has 208 valence electrons. The van der Waals surface area contributed by atoms with Gasteiger partial charge in [-0.15, -0.1) is 0 Å². The number of aromatic nitrogens is 3. The van der Waals surface area contributed by atoms with Gasteiger partial charge in [0.15, 0.2) is 0 Å². The van der Waals surface area contributed by atoms with Crippen LogP contribution >= 0.6 is 0 Å². The molecular weight excluding hydrogens is 517 g/mol. The average Bonchev–Trinajstić information content (AvgIpc) is 3.32. The Hall–Kier alpha value is -4.18. The minimum Gasteiger partial charge on any atom is -0.342 e. The van der Waals surface area contributed by atoms with Gasteiger partial charge in [-0.2, -0.15) is 13.2 Å². The molecule has 0 saturated carbocycles. The van der Waals surface area contributed by atoms with E-state index < -0.39 is 11.7 Å². The maximum Gasteiger partial charge on any atom is 0.416 e. The summed E-state index contributed by atoms with van der Waals surface area (Å²) in [6.45, 7) is 4.61. The highest BCUT2D eigenvalue weighted by Gasteiger charge is 2.31. The van der Waals surface area contributed by atoms with Crippen LogP contribution in [-0.2, 0) is 19.3 Å². The maximum atomic E-state index is 13.3. The van der Waals surface area contributed by atoms with Gasteiger partial charge < -0.3 is 9.88 Å². The van der Waals surface area contributed by atoms with Crippen molar-refractivity contribution in [1.82, 2.24) is 24.8 Å². The molecule has 0 radical (unpaired) electrons. The van der Waals surface area contributed by atoms with Gasteiger partial charge in [-0.1, -0.05) is 48.5 Å². The quantitative estimate of drug-likeness (QED) is 0.277. The number of alkyl halides is 3. The van der Waals surface area contributed by atoms with Crippen molar-refractivity contribution in [3.8, 4) is 11.4 Å². The molecule has 1 fully saturated rings. The first-order valence-electron chi connectivity index (χ1n) is 13.2. The predicted molar refractivity (Wildman–Crippen MR) is 147 cm³/mol. The van der Waals surface area contributed by atoms with Crippen molar-refractivity contribution in [1.29, 1.82) is 0 Å². The summed E-state index contributed by atoms with van der Waals surface area (Å²) >= 11 is 0. The summed E-state index contributed by atoms with van der Waals surface area (Å²) in [4.78, 5) is 29.7. The molecule has 2 amide bonds. The SMILES string of the molecule is Cc1[nH]c(-c2ccc(C(F)(F)F)cc2)nc1CN1CCC(N(Cc2ccccc2)C(=O)Nc2ccccn2)CC1. The summed E-state index contributed by atoms with van der Waals surface area (Å²) in [7, 11) is 0. The van der Waals surface area contributed by atoms with E-state index in [1.54, 1.807) is 18.3 Å². The Morgan fingerprint density at radius 1 is 1.02 bits per heavy atom. The molecule has 2 aromatic heterocycles. The van der Waals surface area contributed by atoms with Gasteiger partial charge in [0, 0.05) is 49.7 Å². The van der Waals surface area contributed by atoms with Crippen LogP contribution < -0.4 is 5.32 Å². The molecule has 1 saturated heterocycles. The van der Waals surface area contributed by atoms with Crippen molar-refractivity contribution in [3.63, 3.8) is 0 Å². The lowest BCUT2D eigenvalue weighted by Gasteiger charge is -2.38. The molecular formula is C30H31F3N6O. The van der Waals surface area contributed by atoms with Crippen molar-refractivity contribution in [2.75, 3.05) is 18.4 Å². The molecule has 0 bridgehead atoms. The number of nitrogens with zero attached hydrogens (tertiary/aromatic N) is 4. The van der Waals surface area contributed by atoms with Gasteiger partial charge in [0.1, 0.15) is 11.6 Å². The smallest absolute Gasteiger partial charge is 0.342 e. The number of amides is 2. The number of aromatic amines is 1. The number of carbonyl (C=O) groups is 1.